The van der Waals surface area contributed by atoms with Gasteiger partial charge in [-0.2, -0.15) is 0 Å². The Labute approximate surface area is 58.2 Å². The van der Waals surface area contributed by atoms with Crippen LogP contribution in [0.1, 0.15) is 20.8 Å². The molecule has 0 radical (unpaired) electrons. The predicted molar refractivity (Wildman–Crippen MR) is 41.5 cm³/mol. The van der Waals surface area contributed by atoms with Crippen molar-refractivity contribution in [1.82, 2.24) is 10.2 Å². The molecule has 0 aromatic heterocycles. The molecule has 0 amide bonds. The Morgan fingerprint density at radius 2 is 1.67 bits per heavy atom. The highest BCUT2D eigenvalue weighted by Crippen LogP contribution is 1.80. The highest BCUT2D eigenvalue weighted by molar-refractivity contribution is 4.47. The van der Waals surface area contributed by atoms with Gasteiger partial charge >= 0.3 is 0 Å². The number of hydrogen-bond acceptors (Lipinski definition) is 2. The van der Waals surface area contributed by atoms with Gasteiger partial charge in [-0.3, -0.25) is 4.90 Å². The molecule has 0 saturated carbocycles. The molecule has 0 aromatic rings. The van der Waals surface area contributed by atoms with Crippen molar-refractivity contribution in [2.45, 2.75) is 20.8 Å². The first-order valence-corrected chi connectivity index (χ1v) is 3.78. The van der Waals surface area contributed by atoms with Gasteiger partial charge in [-0.15, -0.1) is 0 Å². The minimum Gasteiger partial charge on any atom is -0.305 e. The summed E-state index contributed by atoms with van der Waals surface area (Å²) in [4.78, 5) is 2.35. The molecule has 56 valence electrons. The fraction of sp³-hybridized carbons (Fsp3) is 1.00. The first-order chi connectivity index (χ1) is 4.35. The fourth-order valence-corrected chi connectivity index (χ4v) is 0.717. The third kappa shape index (κ3) is 4.43. The van der Waals surface area contributed by atoms with Gasteiger partial charge in [0.2, 0.25) is 0 Å². The summed E-state index contributed by atoms with van der Waals surface area (Å²) in [6.07, 6.45) is 0. The second-order valence-electron chi connectivity index (χ2n) is 2.06. The van der Waals surface area contributed by atoms with Crippen molar-refractivity contribution in [2.75, 3.05) is 26.3 Å². The first-order valence-electron chi connectivity index (χ1n) is 3.78. The van der Waals surface area contributed by atoms with Crippen molar-refractivity contribution in [2.24, 2.45) is 0 Å². The smallest absolute Gasteiger partial charge is 0.0480 e. The summed E-state index contributed by atoms with van der Waals surface area (Å²) in [5.74, 6) is 0. The molecular weight excluding hydrogens is 112 g/mol. The van der Waals surface area contributed by atoms with E-state index in [9.17, 15) is 0 Å². The van der Waals surface area contributed by atoms with Crippen LogP contribution >= 0.6 is 0 Å². The molecule has 2 heteroatoms. The topological polar surface area (TPSA) is 15.3 Å². The Morgan fingerprint density at radius 1 is 1.11 bits per heavy atom. The van der Waals surface area contributed by atoms with Crippen molar-refractivity contribution in [3.63, 3.8) is 0 Å². The van der Waals surface area contributed by atoms with Crippen LogP contribution < -0.4 is 5.32 Å². The van der Waals surface area contributed by atoms with Crippen LogP contribution in [0.3, 0.4) is 0 Å². The van der Waals surface area contributed by atoms with Crippen molar-refractivity contribution in [3.8, 4) is 0 Å². The molecule has 0 aliphatic carbocycles. The predicted octanol–water partition coefficient (Wildman–Crippen LogP) is 0.895. The van der Waals surface area contributed by atoms with E-state index in [1.54, 1.807) is 0 Å². The first kappa shape index (κ1) is 8.92. The Balaban J connectivity index is 3.09. The van der Waals surface area contributed by atoms with Gasteiger partial charge in [0.25, 0.3) is 0 Å². The summed E-state index contributed by atoms with van der Waals surface area (Å²) < 4.78 is 0. The monoisotopic (exact) mass is 130 g/mol. The molecule has 0 fully saturated rings. The van der Waals surface area contributed by atoms with Gasteiger partial charge in [-0.25, -0.2) is 0 Å². The Hall–Kier alpha value is -0.0800. The minimum atomic E-state index is 1.03. The molecule has 0 bridgehead atoms. The highest BCUT2D eigenvalue weighted by Gasteiger charge is 1.93. The van der Waals surface area contributed by atoms with Crippen LogP contribution in [0.4, 0.5) is 0 Å². The highest BCUT2D eigenvalue weighted by atomic mass is 15.2. The molecule has 2 nitrogen and oxygen atoms in total. The summed E-state index contributed by atoms with van der Waals surface area (Å²) in [5, 5.41) is 3.28. The third-order valence-electron chi connectivity index (χ3n) is 1.48. The zero-order chi connectivity index (χ0) is 7.11. The van der Waals surface area contributed by atoms with E-state index in [1.165, 1.54) is 0 Å². The van der Waals surface area contributed by atoms with Crippen LogP contribution in [0, 0.1) is 0 Å². The summed E-state index contributed by atoms with van der Waals surface area (Å²) in [6.45, 7) is 10.9. The van der Waals surface area contributed by atoms with Crippen molar-refractivity contribution in [1.29, 1.82) is 0 Å². The molecule has 1 N–H and O–H groups in total. The molecule has 0 aliphatic heterocycles. The van der Waals surface area contributed by atoms with E-state index in [-0.39, 0.29) is 0 Å². The molecule has 0 spiro atoms. The van der Waals surface area contributed by atoms with Gasteiger partial charge in [0, 0.05) is 6.67 Å². The minimum absolute atomic E-state index is 1.03. The normalized spacial score (nSPS) is 10.7. The summed E-state index contributed by atoms with van der Waals surface area (Å²) in [6, 6.07) is 0. The second kappa shape index (κ2) is 6.05. The van der Waals surface area contributed by atoms with E-state index in [0.717, 1.165) is 26.3 Å². The lowest BCUT2D eigenvalue weighted by Gasteiger charge is -2.17. The summed E-state index contributed by atoms with van der Waals surface area (Å²) in [5.41, 5.74) is 0. The fourth-order valence-electron chi connectivity index (χ4n) is 0.717. The maximum absolute atomic E-state index is 3.28. The molecule has 0 aromatic carbocycles. The van der Waals surface area contributed by atoms with Gasteiger partial charge in [-0.1, -0.05) is 20.8 Å². The molecule has 0 saturated heterocycles. The SMILES string of the molecule is CCNCN(CC)CC. The van der Waals surface area contributed by atoms with E-state index in [4.69, 9.17) is 0 Å². The van der Waals surface area contributed by atoms with Gasteiger partial charge in [0.1, 0.15) is 0 Å². The van der Waals surface area contributed by atoms with E-state index >= 15 is 0 Å². The van der Waals surface area contributed by atoms with Crippen LogP contribution in [0.25, 0.3) is 0 Å². The summed E-state index contributed by atoms with van der Waals surface area (Å²) in [7, 11) is 0. The maximum atomic E-state index is 3.28. The van der Waals surface area contributed by atoms with E-state index < -0.39 is 0 Å². The van der Waals surface area contributed by atoms with Crippen LogP contribution in [-0.2, 0) is 0 Å². The zero-order valence-corrected chi connectivity index (χ0v) is 6.78. The van der Waals surface area contributed by atoms with Gasteiger partial charge in [0.05, 0.1) is 0 Å². The van der Waals surface area contributed by atoms with Crippen LogP contribution in [0.15, 0.2) is 0 Å². The maximum Gasteiger partial charge on any atom is 0.0480 e. The van der Waals surface area contributed by atoms with E-state index in [2.05, 4.69) is 31.0 Å². The number of nitrogens with one attached hydrogen (secondary N) is 1. The average molecular weight is 130 g/mol. The van der Waals surface area contributed by atoms with Crippen LogP contribution in [0.5, 0.6) is 0 Å². The van der Waals surface area contributed by atoms with Crippen molar-refractivity contribution < 1.29 is 0 Å². The number of rotatable bonds is 5. The Morgan fingerprint density at radius 3 is 2.00 bits per heavy atom. The largest absolute Gasteiger partial charge is 0.305 e. The molecule has 9 heavy (non-hydrogen) atoms. The summed E-state index contributed by atoms with van der Waals surface area (Å²) >= 11 is 0. The number of nitrogens with zero attached hydrogens (tertiary/aromatic N) is 1. The lowest BCUT2D eigenvalue weighted by molar-refractivity contribution is 0.282. The lowest BCUT2D eigenvalue weighted by atomic mass is 10.5. The third-order valence-corrected chi connectivity index (χ3v) is 1.48. The van der Waals surface area contributed by atoms with Crippen LogP contribution in [0.2, 0.25) is 0 Å². The van der Waals surface area contributed by atoms with Crippen molar-refractivity contribution >= 4 is 0 Å². The van der Waals surface area contributed by atoms with Crippen LogP contribution in [-0.4, -0.2) is 31.2 Å². The van der Waals surface area contributed by atoms with E-state index in [0.29, 0.717) is 0 Å². The lowest BCUT2D eigenvalue weighted by Crippen LogP contribution is -2.33. The Kier molecular flexibility index (Phi) is 5.99. The average Bonchev–Trinajstić information content (AvgIpc) is 1.91. The Bertz CT molecular complexity index is 50.9. The quantitative estimate of drug-likeness (QED) is 0.556. The molecule has 0 unspecified atom stereocenters. The second-order valence-corrected chi connectivity index (χ2v) is 2.06. The zero-order valence-electron chi connectivity index (χ0n) is 6.78. The molecule has 0 heterocycles. The van der Waals surface area contributed by atoms with Crippen molar-refractivity contribution in [3.05, 3.63) is 0 Å². The van der Waals surface area contributed by atoms with Gasteiger partial charge in [-0.05, 0) is 19.6 Å². The number of hydrogen-bond donors (Lipinski definition) is 1. The standard InChI is InChI=1S/C7H18N2/c1-4-8-7-9(5-2)6-3/h8H,4-7H2,1-3H3. The van der Waals surface area contributed by atoms with Gasteiger partial charge in [0.15, 0.2) is 0 Å². The molecular formula is C7H18N2. The molecule has 0 rings (SSSR count). The van der Waals surface area contributed by atoms with Gasteiger partial charge < -0.3 is 5.32 Å². The molecule has 0 atom stereocenters. The van der Waals surface area contributed by atoms with E-state index in [1.807, 2.05) is 0 Å². The molecule has 0 aliphatic rings.